The topological polar surface area (TPSA) is 50.8 Å². The molecule has 1 N–H and O–H groups in total. The molecule has 5 nitrogen and oxygen atoms in total. The molecule has 140 valence electrons. The molecule has 1 atom stereocenters. The molecule has 1 aromatic heterocycles. The molecule has 0 radical (unpaired) electrons. The molecule has 0 aliphatic carbocycles. The highest BCUT2D eigenvalue weighted by Crippen LogP contribution is 2.25. The fourth-order valence-electron chi connectivity index (χ4n) is 3.21. The van der Waals surface area contributed by atoms with Crippen LogP contribution in [0.2, 0.25) is 0 Å². The lowest BCUT2D eigenvalue weighted by Gasteiger charge is -2.34. The smallest absolute Gasteiger partial charge is 0.258 e. The van der Waals surface area contributed by atoms with Gasteiger partial charge in [0.25, 0.3) is 5.91 Å². The molecule has 1 saturated heterocycles. The number of hydrogen-bond donors (Lipinski definition) is 1. The molecule has 0 bridgehead atoms. The van der Waals surface area contributed by atoms with Crippen LogP contribution in [-0.4, -0.2) is 50.3 Å². The molecule has 2 aromatic rings. The number of carbonyl (C=O) groups is 1. The first kappa shape index (κ1) is 18.9. The normalized spacial score (nSPS) is 16.2. The van der Waals surface area contributed by atoms with Crippen LogP contribution in [-0.2, 0) is 9.53 Å². The van der Waals surface area contributed by atoms with E-state index in [9.17, 15) is 4.79 Å². The zero-order valence-electron chi connectivity index (χ0n) is 15.4. The summed E-state index contributed by atoms with van der Waals surface area (Å²) in [5, 5.41) is 5.11. The number of amides is 1. The van der Waals surface area contributed by atoms with E-state index in [0.29, 0.717) is 6.54 Å². The standard InChI is InChI=1S/C20H26N2O3S/c1-15-10-16(2)12-17(11-15)25-14-20(23)21-13-18(19-4-3-9-26-19)22-5-7-24-8-6-22/h3-4,9-12,18H,5-8,13-14H2,1-2H3,(H,21,23). The second kappa shape index (κ2) is 9.16. The summed E-state index contributed by atoms with van der Waals surface area (Å²) in [4.78, 5) is 15.9. The van der Waals surface area contributed by atoms with Gasteiger partial charge >= 0.3 is 0 Å². The molecule has 2 heterocycles. The van der Waals surface area contributed by atoms with Crippen LogP contribution < -0.4 is 10.1 Å². The van der Waals surface area contributed by atoms with Crippen LogP contribution in [0.25, 0.3) is 0 Å². The summed E-state index contributed by atoms with van der Waals surface area (Å²) < 4.78 is 11.1. The van der Waals surface area contributed by atoms with E-state index in [0.717, 1.165) is 43.2 Å². The number of carbonyl (C=O) groups excluding carboxylic acids is 1. The van der Waals surface area contributed by atoms with Crippen molar-refractivity contribution >= 4 is 17.2 Å². The van der Waals surface area contributed by atoms with Crippen molar-refractivity contribution < 1.29 is 14.3 Å². The van der Waals surface area contributed by atoms with Crippen LogP contribution in [0.1, 0.15) is 22.0 Å². The molecule has 1 amide bonds. The number of rotatable bonds is 7. The first-order chi connectivity index (χ1) is 12.6. The van der Waals surface area contributed by atoms with Crippen molar-refractivity contribution in [2.45, 2.75) is 19.9 Å². The van der Waals surface area contributed by atoms with Gasteiger partial charge in [-0.1, -0.05) is 12.1 Å². The highest BCUT2D eigenvalue weighted by atomic mass is 32.1. The molecular weight excluding hydrogens is 348 g/mol. The van der Waals surface area contributed by atoms with Crippen molar-refractivity contribution in [1.82, 2.24) is 10.2 Å². The van der Waals surface area contributed by atoms with Crippen molar-refractivity contribution in [3.63, 3.8) is 0 Å². The summed E-state index contributed by atoms with van der Waals surface area (Å²) >= 11 is 1.72. The highest BCUT2D eigenvalue weighted by molar-refractivity contribution is 7.10. The fraction of sp³-hybridized carbons (Fsp3) is 0.450. The summed E-state index contributed by atoms with van der Waals surface area (Å²) in [6.45, 7) is 7.91. The minimum Gasteiger partial charge on any atom is -0.484 e. The van der Waals surface area contributed by atoms with Gasteiger partial charge in [0.2, 0.25) is 0 Å². The minimum absolute atomic E-state index is 0.0309. The lowest BCUT2D eigenvalue weighted by molar-refractivity contribution is -0.123. The summed E-state index contributed by atoms with van der Waals surface area (Å²) in [7, 11) is 0. The van der Waals surface area contributed by atoms with Gasteiger partial charge in [-0.15, -0.1) is 11.3 Å². The van der Waals surface area contributed by atoms with E-state index in [-0.39, 0.29) is 18.6 Å². The van der Waals surface area contributed by atoms with Gasteiger partial charge in [-0.25, -0.2) is 0 Å². The van der Waals surface area contributed by atoms with Crippen molar-refractivity contribution in [3.05, 3.63) is 51.7 Å². The SMILES string of the molecule is Cc1cc(C)cc(OCC(=O)NCC(c2cccs2)N2CCOCC2)c1. The van der Waals surface area contributed by atoms with Crippen LogP contribution in [0.3, 0.4) is 0 Å². The summed E-state index contributed by atoms with van der Waals surface area (Å²) in [6.07, 6.45) is 0. The molecule has 3 rings (SSSR count). The Bertz CT molecular complexity index is 692. The average molecular weight is 375 g/mol. The maximum Gasteiger partial charge on any atom is 0.258 e. The number of aryl methyl sites for hydroxylation is 2. The molecule has 26 heavy (non-hydrogen) atoms. The number of ether oxygens (including phenoxy) is 2. The van der Waals surface area contributed by atoms with Gasteiger partial charge in [0, 0.05) is 24.5 Å². The summed E-state index contributed by atoms with van der Waals surface area (Å²) in [6, 6.07) is 10.3. The lowest BCUT2D eigenvalue weighted by Crippen LogP contribution is -2.44. The third kappa shape index (κ3) is 5.30. The van der Waals surface area contributed by atoms with Crippen molar-refractivity contribution in [1.29, 1.82) is 0 Å². The van der Waals surface area contributed by atoms with Crippen LogP contribution >= 0.6 is 11.3 Å². The number of hydrogen-bond acceptors (Lipinski definition) is 5. The van der Waals surface area contributed by atoms with Crippen LogP contribution in [0.5, 0.6) is 5.75 Å². The van der Waals surface area contributed by atoms with E-state index in [1.807, 2.05) is 26.0 Å². The molecule has 0 saturated carbocycles. The van der Waals surface area contributed by atoms with Crippen molar-refractivity contribution in [2.24, 2.45) is 0 Å². The zero-order chi connectivity index (χ0) is 18.4. The van der Waals surface area contributed by atoms with Crippen LogP contribution in [0.4, 0.5) is 0 Å². The van der Waals surface area contributed by atoms with E-state index >= 15 is 0 Å². The highest BCUT2D eigenvalue weighted by Gasteiger charge is 2.23. The van der Waals surface area contributed by atoms with Gasteiger partial charge in [-0.2, -0.15) is 0 Å². The Morgan fingerprint density at radius 1 is 1.27 bits per heavy atom. The van der Waals surface area contributed by atoms with Gasteiger partial charge < -0.3 is 14.8 Å². The quantitative estimate of drug-likeness (QED) is 0.810. The van der Waals surface area contributed by atoms with Gasteiger partial charge in [0.05, 0.1) is 19.3 Å². The van der Waals surface area contributed by atoms with Crippen LogP contribution in [0, 0.1) is 13.8 Å². The number of benzene rings is 1. The first-order valence-corrected chi connectivity index (χ1v) is 9.83. The Labute approximate surface area is 158 Å². The third-order valence-electron chi connectivity index (χ3n) is 4.42. The number of nitrogens with one attached hydrogen (secondary N) is 1. The van der Waals surface area contributed by atoms with Crippen molar-refractivity contribution in [2.75, 3.05) is 39.5 Å². The van der Waals surface area contributed by atoms with Gasteiger partial charge in [-0.3, -0.25) is 9.69 Å². The Morgan fingerprint density at radius 2 is 2.00 bits per heavy atom. The van der Waals surface area contributed by atoms with E-state index in [1.165, 1.54) is 4.88 Å². The Balaban J connectivity index is 1.53. The Hall–Kier alpha value is -1.89. The average Bonchev–Trinajstić information content (AvgIpc) is 3.15. The zero-order valence-corrected chi connectivity index (χ0v) is 16.2. The van der Waals surface area contributed by atoms with Gasteiger partial charge in [-0.05, 0) is 48.6 Å². The summed E-state index contributed by atoms with van der Waals surface area (Å²) in [5.74, 6) is 0.639. The number of nitrogens with zero attached hydrogens (tertiary/aromatic N) is 1. The Kier molecular flexibility index (Phi) is 6.66. The predicted molar refractivity (Wildman–Crippen MR) is 104 cm³/mol. The molecular formula is C20H26N2O3S. The van der Waals surface area contributed by atoms with Gasteiger partial charge in [0.15, 0.2) is 6.61 Å². The molecule has 6 heteroatoms. The maximum atomic E-state index is 12.3. The largest absolute Gasteiger partial charge is 0.484 e. The number of morpholine rings is 1. The molecule has 1 unspecified atom stereocenters. The lowest BCUT2D eigenvalue weighted by atomic mass is 10.1. The third-order valence-corrected chi connectivity index (χ3v) is 5.39. The van der Waals surface area contributed by atoms with Gasteiger partial charge in [0.1, 0.15) is 5.75 Å². The maximum absolute atomic E-state index is 12.3. The monoisotopic (exact) mass is 374 g/mol. The van der Waals surface area contributed by atoms with E-state index in [4.69, 9.17) is 9.47 Å². The second-order valence-corrected chi connectivity index (χ2v) is 7.57. The summed E-state index contributed by atoms with van der Waals surface area (Å²) in [5.41, 5.74) is 2.26. The van der Waals surface area contributed by atoms with Crippen molar-refractivity contribution in [3.8, 4) is 5.75 Å². The predicted octanol–water partition coefficient (Wildman–Crippen LogP) is 2.93. The molecule has 1 aliphatic heterocycles. The minimum atomic E-state index is -0.0982. The first-order valence-electron chi connectivity index (χ1n) is 8.95. The fourth-order valence-corrected chi connectivity index (χ4v) is 4.07. The van der Waals surface area contributed by atoms with E-state index in [1.54, 1.807) is 11.3 Å². The van der Waals surface area contributed by atoms with E-state index < -0.39 is 0 Å². The van der Waals surface area contributed by atoms with Crippen LogP contribution in [0.15, 0.2) is 35.7 Å². The second-order valence-electron chi connectivity index (χ2n) is 6.60. The van der Waals surface area contributed by atoms with E-state index in [2.05, 4.69) is 33.8 Å². The number of thiophene rings is 1. The molecule has 1 aromatic carbocycles. The molecule has 1 aliphatic rings. The Morgan fingerprint density at radius 3 is 2.65 bits per heavy atom. The molecule has 0 spiro atoms. The molecule has 1 fully saturated rings.